The van der Waals surface area contributed by atoms with Crippen LogP contribution in [0.5, 0.6) is 0 Å². The fourth-order valence-corrected chi connectivity index (χ4v) is 2.89. The Hall–Kier alpha value is -2.33. The molecule has 0 fully saturated rings. The zero-order valence-corrected chi connectivity index (χ0v) is 13.9. The molecule has 5 nitrogen and oxygen atoms in total. The molecule has 0 amide bonds. The van der Waals surface area contributed by atoms with Gasteiger partial charge in [-0.25, -0.2) is 9.18 Å². The van der Waals surface area contributed by atoms with Crippen molar-refractivity contribution in [1.82, 2.24) is 0 Å². The number of carboxylic acids is 1. The lowest BCUT2D eigenvalue weighted by Crippen LogP contribution is -2.25. The largest absolute Gasteiger partial charge is 0.478 e. The highest BCUT2D eigenvalue weighted by atomic mass is 79.9. The first-order chi connectivity index (χ1) is 10.9. The van der Waals surface area contributed by atoms with E-state index in [1.54, 1.807) is 0 Å². The Morgan fingerprint density at radius 2 is 2.26 bits per heavy atom. The molecule has 1 atom stereocenters. The summed E-state index contributed by atoms with van der Waals surface area (Å²) < 4.78 is 19.0. The third-order valence-corrected chi connectivity index (χ3v) is 4.09. The van der Waals surface area contributed by atoms with E-state index in [0.717, 1.165) is 0 Å². The Labute approximate surface area is 141 Å². The van der Waals surface area contributed by atoms with Crippen molar-refractivity contribution in [3.05, 3.63) is 56.8 Å². The number of carboxylic acid groups (broad SMARTS) is 1. The van der Waals surface area contributed by atoms with Crippen LogP contribution in [0.25, 0.3) is 0 Å². The molecule has 1 aromatic rings. The fraction of sp³-hybridized carbons (Fsp3) is 0.250. The number of ether oxygens (including phenoxy) is 1. The molecular weight excluding hydrogens is 367 g/mol. The van der Waals surface area contributed by atoms with E-state index in [1.165, 1.54) is 18.2 Å². The SMILES string of the molecule is CCCC1=C(C(=O)O)C(c2ccc(F)c(Br)c2)C(C#N)=C(N)O1. The van der Waals surface area contributed by atoms with Crippen LogP contribution in [0.4, 0.5) is 4.39 Å². The number of allylic oxidation sites excluding steroid dienone is 2. The van der Waals surface area contributed by atoms with Gasteiger partial charge in [0.2, 0.25) is 5.88 Å². The van der Waals surface area contributed by atoms with E-state index < -0.39 is 17.7 Å². The summed E-state index contributed by atoms with van der Waals surface area (Å²) in [4.78, 5) is 11.7. The number of aliphatic carboxylic acids is 1. The second-order valence-electron chi connectivity index (χ2n) is 4.99. The van der Waals surface area contributed by atoms with E-state index in [9.17, 15) is 19.6 Å². The fourth-order valence-electron chi connectivity index (χ4n) is 2.49. The topological polar surface area (TPSA) is 96.3 Å². The van der Waals surface area contributed by atoms with E-state index in [0.29, 0.717) is 18.4 Å². The third kappa shape index (κ3) is 3.22. The quantitative estimate of drug-likeness (QED) is 0.832. The summed E-state index contributed by atoms with van der Waals surface area (Å²) in [7, 11) is 0. The average Bonchev–Trinajstić information content (AvgIpc) is 2.49. The van der Waals surface area contributed by atoms with Gasteiger partial charge in [0.25, 0.3) is 0 Å². The van der Waals surface area contributed by atoms with Crippen molar-refractivity contribution in [1.29, 1.82) is 5.26 Å². The van der Waals surface area contributed by atoms with E-state index in [1.807, 2.05) is 13.0 Å². The van der Waals surface area contributed by atoms with Gasteiger partial charge < -0.3 is 15.6 Å². The van der Waals surface area contributed by atoms with Gasteiger partial charge in [-0.05, 0) is 40.0 Å². The summed E-state index contributed by atoms with van der Waals surface area (Å²) in [5, 5.41) is 19.0. The molecule has 0 bridgehead atoms. The van der Waals surface area contributed by atoms with Gasteiger partial charge in [-0.2, -0.15) is 5.26 Å². The maximum Gasteiger partial charge on any atom is 0.336 e. The third-order valence-electron chi connectivity index (χ3n) is 3.48. The molecule has 0 spiro atoms. The van der Waals surface area contributed by atoms with Crippen molar-refractivity contribution in [3.8, 4) is 6.07 Å². The maximum atomic E-state index is 13.5. The molecule has 1 aliphatic heterocycles. The lowest BCUT2D eigenvalue weighted by atomic mass is 9.82. The summed E-state index contributed by atoms with van der Waals surface area (Å²) in [6, 6.07) is 6.00. The monoisotopic (exact) mass is 380 g/mol. The number of benzene rings is 1. The summed E-state index contributed by atoms with van der Waals surface area (Å²) >= 11 is 3.07. The molecule has 2 rings (SSSR count). The van der Waals surface area contributed by atoms with E-state index in [-0.39, 0.29) is 27.3 Å². The molecule has 23 heavy (non-hydrogen) atoms. The molecule has 0 saturated heterocycles. The number of nitrogens with zero attached hydrogens (tertiary/aromatic N) is 1. The van der Waals surface area contributed by atoms with Crippen LogP contribution in [0.2, 0.25) is 0 Å². The van der Waals surface area contributed by atoms with Gasteiger partial charge in [0, 0.05) is 6.42 Å². The standard InChI is InChI=1S/C16H14BrFN2O3/c1-2-3-12-14(16(21)22)13(9(7-19)15(20)23-12)8-4-5-11(18)10(17)6-8/h4-6,13H,2-3,20H2,1H3,(H,21,22). The van der Waals surface area contributed by atoms with Crippen LogP contribution in [0.15, 0.2) is 45.5 Å². The number of nitrogens with two attached hydrogens (primary N) is 1. The number of hydrogen-bond acceptors (Lipinski definition) is 4. The number of carbonyl (C=O) groups is 1. The minimum atomic E-state index is -1.20. The van der Waals surface area contributed by atoms with Crippen LogP contribution in [0, 0.1) is 17.1 Å². The normalized spacial score (nSPS) is 17.7. The Balaban J connectivity index is 2.69. The summed E-state index contributed by atoms with van der Waals surface area (Å²) in [6.07, 6.45) is 1.03. The molecule has 0 aromatic heterocycles. The molecule has 1 aromatic carbocycles. The van der Waals surface area contributed by atoms with Crippen LogP contribution in [-0.4, -0.2) is 11.1 Å². The van der Waals surface area contributed by atoms with Crippen LogP contribution in [-0.2, 0) is 9.53 Å². The van der Waals surface area contributed by atoms with Crippen molar-refractivity contribution < 1.29 is 19.0 Å². The second kappa shape index (κ2) is 6.84. The minimum Gasteiger partial charge on any atom is -0.478 e. The highest BCUT2D eigenvalue weighted by Gasteiger charge is 2.36. The van der Waals surface area contributed by atoms with E-state index in [2.05, 4.69) is 15.9 Å². The summed E-state index contributed by atoms with van der Waals surface area (Å²) in [5.41, 5.74) is 6.20. The minimum absolute atomic E-state index is 0.000705. The van der Waals surface area contributed by atoms with Gasteiger partial charge in [-0.3, -0.25) is 0 Å². The first kappa shape index (κ1) is 17.0. The van der Waals surface area contributed by atoms with Gasteiger partial charge >= 0.3 is 5.97 Å². The number of rotatable bonds is 4. The van der Waals surface area contributed by atoms with Crippen LogP contribution >= 0.6 is 15.9 Å². The van der Waals surface area contributed by atoms with Crippen molar-refractivity contribution in [2.45, 2.75) is 25.7 Å². The number of halogens is 2. The summed E-state index contributed by atoms with van der Waals surface area (Å²) in [5.74, 6) is -2.47. The van der Waals surface area contributed by atoms with E-state index >= 15 is 0 Å². The Morgan fingerprint density at radius 3 is 2.78 bits per heavy atom. The van der Waals surface area contributed by atoms with Gasteiger partial charge in [0.1, 0.15) is 23.2 Å². The van der Waals surface area contributed by atoms with Crippen molar-refractivity contribution >= 4 is 21.9 Å². The predicted molar refractivity (Wildman–Crippen MR) is 84.3 cm³/mol. The lowest BCUT2D eigenvalue weighted by molar-refractivity contribution is -0.133. The number of nitriles is 1. The molecule has 1 unspecified atom stereocenters. The summed E-state index contributed by atoms with van der Waals surface area (Å²) in [6.45, 7) is 1.87. The highest BCUT2D eigenvalue weighted by molar-refractivity contribution is 9.10. The lowest BCUT2D eigenvalue weighted by Gasteiger charge is -2.27. The molecule has 1 heterocycles. The molecule has 0 aliphatic carbocycles. The van der Waals surface area contributed by atoms with Crippen molar-refractivity contribution in [3.63, 3.8) is 0 Å². The van der Waals surface area contributed by atoms with Gasteiger partial charge in [0.05, 0.1) is 16.0 Å². The first-order valence-corrected chi connectivity index (χ1v) is 7.68. The van der Waals surface area contributed by atoms with Crippen molar-refractivity contribution in [2.24, 2.45) is 5.73 Å². The molecule has 0 saturated carbocycles. The molecule has 1 aliphatic rings. The van der Waals surface area contributed by atoms with Crippen molar-refractivity contribution in [2.75, 3.05) is 0 Å². The predicted octanol–water partition coefficient (Wildman–Crippen LogP) is 3.53. The molecule has 7 heteroatoms. The molecule has 0 radical (unpaired) electrons. The second-order valence-corrected chi connectivity index (χ2v) is 5.84. The van der Waals surface area contributed by atoms with Gasteiger partial charge in [-0.15, -0.1) is 0 Å². The van der Waals surface area contributed by atoms with Crippen LogP contribution in [0.3, 0.4) is 0 Å². The van der Waals surface area contributed by atoms with Gasteiger partial charge in [-0.1, -0.05) is 13.0 Å². The Morgan fingerprint density at radius 1 is 1.57 bits per heavy atom. The zero-order valence-electron chi connectivity index (χ0n) is 12.3. The van der Waals surface area contributed by atoms with Crippen LogP contribution in [0.1, 0.15) is 31.2 Å². The van der Waals surface area contributed by atoms with Crippen LogP contribution < -0.4 is 5.73 Å². The Bertz CT molecular complexity index is 765. The zero-order chi connectivity index (χ0) is 17.1. The molecule has 120 valence electrons. The molecule has 3 N–H and O–H groups in total. The van der Waals surface area contributed by atoms with E-state index in [4.69, 9.17) is 10.5 Å². The average molecular weight is 381 g/mol. The maximum absolute atomic E-state index is 13.5. The Kier molecular flexibility index (Phi) is 5.06. The first-order valence-electron chi connectivity index (χ1n) is 6.89. The smallest absolute Gasteiger partial charge is 0.336 e. The molecular formula is C16H14BrFN2O3. The highest BCUT2D eigenvalue weighted by Crippen LogP contribution is 2.41. The number of hydrogen-bond donors (Lipinski definition) is 2. The van der Waals surface area contributed by atoms with Gasteiger partial charge in [0.15, 0.2) is 0 Å².